The van der Waals surface area contributed by atoms with Crippen molar-refractivity contribution in [3.63, 3.8) is 0 Å². The van der Waals surface area contributed by atoms with Gasteiger partial charge in [0.15, 0.2) is 0 Å². The Bertz CT molecular complexity index is 580. The summed E-state index contributed by atoms with van der Waals surface area (Å²) in [6, 6.07) is 5.83. The van der Waals surface area contributed by atoms with Gasteiger partial charge in [0.1, 0.15) is 24.3 Å². The van der Waals surface area contributed by atoms with Crippen molar-refractivity contribution in [3.05, 3.63) is 48.0 Å². The van der Waals surface area contributed by atoms with Crippen LogP contribution in [0.4, 0.5) is 4.39 Å². The Kier molecular flexibility index (Phi) is 5.25. The number of piperidine rings is 1. The highest BCUT2D eigenvalue weighted by Crippen LogP contribution is 2.27. The SMILES string of the molecule is O[C@H](COc1ccc(F)cc1)CN1CCC(c2cn[nH]c2)CC1. The fourth-order valence-corrected chi connectivity index (χ4v) is 3.01. The molecule has 2 heterocycles. The van der Waals surface area contributed by atoms with Crippen molar-refractivity contribution in [1.82, 2.24) is 15.1 Å². The molecule has 2 N–H and O–H groups in total. The Morgan fingerprint density at radius 2 is 2.04 bits per heavy atom. The second-order valence-corrected chi connectivity index (χ2v) is 6.03. The van der Waals surface area contributed by atoms with Crippen LogP contribution in [0.25, 0.3) is 0 Å². The van der Waals surface area contributed by atoms with Crippen molar-refractivity contribution in [3.8, 4) is 5.75 Å². The van der Waals surface area contributed by atoms with Crippen molar-refractivity contribution >= 4 is 0 Å². The van der Waals surface area contributed by atoms with Gasteiger partial charge in [0.05, 0.1) is 6.20 Å². The molecule has 0 aliphatic carbocycles. The van der Waals surface area contributed by atoms with Gasteiger partial charge in [-0.25, -0.2) is 4.39 Å². The molecule has 1 saturated heterocycles. The van der Waals surface area contributed by atoms with Gasteiger partial charge < -0.3 is 14.7 Å². The van der Waals surface area contributed by atoms with E-state index in [0.29, 0.717) is 18.2 Å². The van der Waals surface area contributed by atoms with Gasteiger partial charge in [-0.05, 0) is 61.7 Å². The normalized spacial score (nSPS) is 18.0. The molecule has 1 aromatic carbocycles. The number of ether oxygens (including phenoxy) is 1. The van der Waals surface area contributed by atoms with Crippen molar-refractivity contribution in [2.75, 3.05) is 26.2 Å². The number of aliphatic hydroxyl groups excluding tert-OH is 1. The first kappa shape index (κ1) is 16.0. The van der Waals surface area contributed by atoms with Crippen LogP contribution in [0.2, 0.25) is 0 Å². The van der Waals surface area contributed by atoms with Gasteiger partial charge in [-0.15, -0.1) is 0 Å². The standard InChI is InChI=1S/C17H22FN3O2/c18-15-1-3-17(4-2-15)23-12-16(22)11-21-7-5-13(6-8-21)14-9-19-20-10-14/h1-4,9-10,13,16,22H,5-8,11-12H2,(H,19,20)/t16-/m0/s1. The van der Waals surface area contributed by atoms with Crippen molar-refractivity contribution in [2.24, 2.45) is 0 Å². The van der Waals surface area contributed by atoms with E-state index in [-0.39, 0.29) is 12.4 Å². The Morgan fingerprint density at radius 1 is 1.30 bits per heavy atom. The van der Waals surface area contributed by atoms with Gasteiger partial charge in [-0.1, -0.05) is 0 Å². The molecule has 0 bridgehead atoms. The molecule has 0 unspecified atom stereocenters. The maximum Gasteiger partial charge on any atom is 0.123 e. The summed E-state index contributed by atoms with van der Waals surface area (Å²) in [5.41, 5.74) is 1.27. The van der Waals surface area contributed by atoms with Crippen LogP contribution in [-0.4, -0.2) is 52.5 Å². The smallest absolute Gasteiger partial charge is 0.123 e. The van der Waals surface area contributed by atoms with Crippen LogP contribution in [0, 0.1) is 5.82 Å². The Labute approximate surface area is 135 Å². The van der Waals surface area contributed by atoms with Crippen LogP contribution in [0.1, 0.15) is 24.3 Å². The molecule has 1 aliphatic rings. The topological polar surface area (TPSA) is 61.4 Å². The van der Waals surface area contributed by atoms with Crippen LogP contribution in [0.3, 0.4) is 0 Å². The number of aromatic amines is 1. The molecule has 1 atom stereocenters. The lowest BCUT2D eigenvalue weighted by molar-refractivity contribution is 0.0594. The highest BCUT2D eigenvalue weighted by atomic mass is 19.1. The first-order valence-electron chi connectivity index (χ1n) is 7.98. The molecular formula is C17H22FN3O2. The van der Waals surface area contributed by atoms with E-state index >= 15 is 0 Å². The lowest BCUT2D eigenvalue weighted by atomic mass is 9.91. The lowest BCUT2D eigenvalue weighted by Crippen LogP contribution is -2.40. The van der Waals surface area contributed by atoms with Gasteiger partial charge in [0.2, 0.25) is 0 Å². The third-order valence-electron chi connectivity index (χ3n) is 4.30. The Balaban J connectivity index is 1.39. The van der Waals surface area contributed by atoms with Gasteiger partial charge in [-0.2, -0.15) is 5.10 Å². The Hall–Kier alpha value is -1.92. The molecule has 1 aromatic heterocycles. The number of hydrogen-bond acceptors (Lipinski definition) is 4. The monoisotopic (exact) mass is 319 g/mol. The molecule has 6 heteroatoms. The summed E-state index contributed by atoms with van der Waals surface area (Å²) in [6.45, 7) is 2.74. The molecule has 1 fully saturated rings. The summed E-state index contributed by atoms with van der Waals surface area (Å²) in [5, 5.41) is 17.0. The molecule has 5 nitrogen and oxygen atoms in total. The second-order valence-electron chi connectivity index (χ2n) is 6.03. The third kappa shape index (κ3) is 4.53. The van der Waals surface area contributed by atoms with E-state index in [1.54, 1.807) is 12.1 Å². The van der Waals surface area contributed by atoms with E-state index in [1.807, 2.05) is 12.4 Å². The second kappa shape index (κ2) is 7.57. The molecule has 23 heavy (non-hydrogen) atoms. The van der Waals surface area contributed by atoms with Crippen LogP contribution >= 0.6 is 0 Å². The van der Waals surface area contributed by atoms with Gasteiger partial charge in [0, 0.05) is 12.7 Å². The number of aromatic nitrogens is 2. The van der Waals surface area contributed by atoms with Crippen LogP contribution < -0.4 is 4.74 Å². The lowest BCUT2D eigenvalue weighted by Gasteiger charge is -2.32. The highest BCUT2D eigenvalue weighted by molar-refractivity contribution is 5.22. The molecular weight excluding hydrogens is 297 g/mol. The summed E-state index contributed by atoms with van der Waals surface area (Å²) in [5.74, 6) is 0.833. The zero-order chi connectivity index (χ0) is 16.1. The number of benzene rings is 1. The predicted molar refractivity (Wildman–Crippen MR) is 84.9 cm³/mol. The predicted octanol–water partition coefficient (Wildman–Crippen LogP) is 2.17. The fourth-order valence-electron chi connectivity index (χ4n) is 3.01. The Morgan fingerprint density at radius 3 is 2.70 bits per heavy atom. The van der Waals surface area contributed by atoms with E-state index in [0.717, 1.165) is 25.9 Å². The summed E-state index contributed by atoms with van der Waals surface area (Å²) in [7, 11) is 0. The van der Waals surface area contributed by atoms with Gasteiger partial charge in [-0.3, -0.25) is 5.10 Å². The van der Waals surface area contributed by atoms with Gasteiger partial charge >= 0.3 is 0 Å². The third-order valence-corrected chi connectivity index (χ3v) is 4.30. The van der Waals surface area contributed by atoms with E-state index in [4.69, 9.17) is 4.74 Å². The largest absolute Gasteiger partial charge is 0.491 e. The van der Waals surface area contributed by atoms with Gasteiger partial charge in [0.25, 0.3) is 0 Å². The number of halogens is 1. The van der Waals surface area contributed by atoms with E-state index in [2.05, 4.69) is 15.1 Å². The number of hydrogen-bond donors (Lipinski definition) is 2. The first-order valence-corrected chi connectivity index (χ1v) is 7.98. The van der Waals surface area contributed by atoms with E-state index < -0.39 is 6.10 Å². The zero-order valence-electron chi connectivity index (χ0n) is 13.0. The van der Waals surface area contributed by atoms with Crippen LogP contribution in [0.15, 0.2) is 36.7 Å². The molecule has 2 aromatic rings. The zero-order valence-corrected chi connectivity index (χ0v) is 13.0. The van der Waals surface area contributed by atoms with Crippen molar-refractivity contribution in [1.29, 1.82) is 0 Å². The average Bonchev–Trinajstić information content (AvgIpc) is 3.09. The molecule has 124 valence electrons. The number of aliphatic hydroxyl groups is 1. The van der Waals surface area contributed by atoms with E-state index in [9.17, 15) is 9.50 Å². The number of nitrogens with one attached hydrogen (secondary N) is 1. The quantitative estimate of drug-likeness (QED) is 0.857. The van der Waals surface area contributed by atoms with Crippen molar-refractivity contribution in [2.45, 2.75) is 24.9 Å². The maximum absolute atomic E-state index is 12.8. The molecule has 0 amide bonds. The number of nitrogens with zero attached hydrogens (tertiary/aromatic N) is 2. The number of H-pyrrole nitrogens is 1. The molecule has 0 saturated carbocycles. The fraction of sp³-hybridized carbons (Fsp3) is 0.471. The minimum atomic E-state index is -0.550. The summed E-state index contributed by atoms with van der Waals surface area (Å²) < 4.78 is 18.3. The molecule has 0 spiro atoms. The minimum Gasteiger partial charge on any atom is -0.491 e. The van der Waals surface area contributed by atoms with Crippen LogP contribution in [-0.2, 0) is 0 Å². The highest BCUT2D eigenvalue weighted by Gasteiger charge is 2.22. The van der Waals surface area contributed by atoms with E-state index in [1.165, 1.54) is 17.7 Å². The maximum atomic E-state index is 12.8. The summed E-state index contributed by atoms with van der Waals surface area (Å²) in [6.07, 6.45) is 5.46. The molecule has 1 aliphatic heterocycles. The molecule has 3 rings (SSSR count). The molecule has 0 radical (unpaired) electrons. The number of rotatable bonds is 6. The number of β-amino-alcohol motifs (C(OH)–C–C–N with tert-alkyl or cyclic N) is 1. The minimum absolute atomic E-state index is 0.216. The van der Waals surface area contributed by atoms with Crippen molar-refractivity contribution < 1.29 is 14.2 Å². The summed E-state index contributed by atoms with van der Waals surface area (Å²) in [4.78, 5) is 2.26. The van der Waals surface area contributed by atoms with Crippen LogP contribution in [0.5, 0.6) is 5.75 Å². The first-order chi connectivity index (χ1) is 11.2. The summed E-state index contributed by atoms with van der Waals surface area (Å²) >= 11 is 0. The average molecular weight is 319 g/mol. The number of likely N-dealkylation sites (tertiary alicyclic amines) is 1.